The first-order valence-electron chi connectivity index (χ1n) is 8.04. The standard InChI is InChI=1S/C16H35N3/c1-6-19(13-16(4,5)12-17)15-7-9-18(10-8-15)11-14(2)3/h14-15H,6-13,17H2,1-5H3. The molecule has 1 aliphatic heterocycles. The van der Waals surface area contributed by atoms with Crippen LogP contribution in [0.3, 0.4) is 0 Å². The molecule has 0 atom stereocenters. The van der Waals surface area contributed by atoms with Gasteiger partial charge in [0.25, 0.3) is 0 Å². The number of hydrogen-bond acceptors (Lipinski definition) is 3. The van der Waals surface area contributed by atoms with Crippen molar-refractivity contribution >= 4 is 0 Å². The average Bonchev–Trinajstić information content (AvgIpc) is 2.36. The fourth-order valence-electron chi connectivity index (χ4n) is 3.10. The quantitative estimate of drug-likeness (QED) is 0.770. The summed E-state index contributed by atoms with van der Waals surface area (Å²) in [5.41, 5.74) is 6.12. The van der Waals surface area contributed by atoms with Gasteiger partial charge in [-0.2, -0.15) is 0 Å². The van der Waals surface area contributed by atoms with Crippen molar-refractivity contribution in [2.75, 3.05) is 39.3 Å². The van der Waals surface area contributed by atoms with Crippen LogP contribution in [0.5, 0.6) is 0 Å². The molecule has 2 N–H and O–H groups in total. The molecule has 1 saturated heterocycles. The summed E-state index contributed by atoms with van der Waals surface area (Å²) in [6, 6.07) is 0.763. The van der Waals surface area contributed by atoms with E-state index in [2.05, 4.69) is 44.4 Å². The summed E-state index contributed by atoms with van der Waals surface area (Å²) in [5, 5.41) is 0. The summed E-state index contributed by atoms with van der Waals surface area (Å²) in [6.45, 7) is 18.3. The Kier molecular flexibility index (Phi) is 6.78. The Morgan fingerprint density at radius 3 is 2.26 bits per heavy atom. The second kappa shape index (κ2) is 7.61. The minimum absolute atomic E-state index is 0.241. The molecule has 1 rings (SSSR count). The van der Waals surface area contributed by atoms with Gasteiger partial charge in [-0.1, -0.05) is 34.6 Å². The summed E-state index contributed by atoms with van der Waals surface area (Å²) < 4.78 is 0. The maximum absolute atomic E-state index is 5.88. The lowest BCUT2D eigenvalue weighted by Crippen LogP contribution is -2.49. The second-order valence-corrected chi connectivity index (χ2v) is 7.36. The Balaban J connectivity index is 2.43. The van der Waals surface area contributed by atoms with Crippen molar-refractivity contribution in [1.29, 1.82) is 0 Å². The summed E-state index contributed by atoms with van der Waals surface area (Å²) >= 11 is 0. The molecule has 0 aromatic carbocycles. The smallest absolute Gasteiger partial charge is 0.0120 e. The van der Waals surface area contributed by atoms with Gasteiger partial charge in [0.05, 0.1) is 0 Å². The van der Waals surface area contributed by atoms with Crippen molar-refractivity contribution in [3.05, 3.63) is 0 Å². The molecular weight excluding hydrogens is 234 g/mol. The van der Waals surface area contributed by atoms with Crippen molar-refractivity contribution < 1.29 is 0 Å². The predicted octanol–water partition coefficient (Wildman–Crippen LogP) is 2.41. The summed E-state index contributed by atoms with van der Waals surface area (Å²) in [7, 11) is 0. The Labute approximate surface area is 120 Å². The minimum atomic E-state index is 0.241. The van der Waals surface area contributed by atoms with Gasteiger partial charge in [-0.3, -0.25) is 4.90 Å². The molecule has 0 amide bonds. The number of nitrogens with zero attached hydrogens (tertiary/aromatic N) is 2. The molecular formula is C16H35N3. The third kappa shape index (κ3) is 5.80. The monoisotopic (exact) mass is 269 g/mol. The molecule has 0 aromatic rings. The molecule has 0 unspecified atom stereocenters. The summed E-state index contributed by atoms with van der Waals surface area (Å²) in [4.78, 5) is 5.28. The van der Waals surface area contributed by atoms with Gasteiger partial charge in [0.1, 0.15) is 0 Å². The molecule has 0 aliphatic carbocycles. The van der Waals surface area contributed by atoms with E-state index in [1.807, 2.05) is 0 Å². The molecule has 0 spiro atoms. The van der Waals surface area contributed by atoms with E-state index >= 15 is 0 Å². The summed E-state index contributed by atoms with van der Waals surface area (Å²) in [6.07, 6.45) is 2.64. The molecule has 0 radical (unpaired) electrons. The van der Waals surface area contributed by atoms with Crippen LogP contribution in [0.15, 0.2) is 0 Å². The van der Waals surface area contributed by atoms with Crippen LogP contribution in [0.4, 0.5) is 0 Å². The lowest BCUT2D eigenvalue weighted by atomic mass is 9.91. The van der Waals surface area contributed by atoms with Crippen molar-refractivity contribution in [1.82, 2.24) is 9.80 Å². The van der Waals surface area contributed by atoms with Gasteiger partial charge in [-0.25, -0.2) is 0 Å². The second-order valence-electron chi connectivity index (χ2n) is 7.36. The van der Waals surface area contributed by atoms with Gasteiger partial charge in [0.2, 0.25) is 0 Å². The molecule has 0 bridgehead atoms. The number of hydrogen-bond donors (Lipinski definition) is 1. The van der Waals surface area contributed by atoms with E-state index in [9.17, 15) is 0 Å². The Bertz CT molecular complexity index is 242. The van der Waals surface area contributed by atoms with Gasteiger partial charge in [-0.15, -0.1) is 0 Å². The third-order valence-electron chi connectivity index (χ3n) is 4.29. The SMILES string of the molecule is CCN(CC(C)(C)CN)C1CCN(CC(C)C)CC1. The molecule has 1 heterocycles. The fourth-order valence-corrected chi connectivity index (χ4v) is 3.10. The number of nitrogens with two attached hydrogens (primary N) is 1. The van der Waals surface area contributed by atoms with Crippen LogP contribution in [0.1, 0.15) is 47.5 Å². The van der Waals surface area contributed by atoms with Crippen molar-refractivity contribution in [2.24, 2.45) is 17.1 Å². The normalized spacial score (nSPS) is 19.6. The molecule has 0 aromatic heterocycles. The zero-order valence-electron chi connectivity index (χ0n) is 13.8. The average molecular weight is 269 g/mol. The van der Waals surface area contributed by atoms with E-state index in [1.165, 1.54) is 32.5 Å². The molecule has 19 heavy (non-hydrogen) atoms. The van der Waals surface area contributed by atoms with E-state index in [-0.39, 0.29) is 5.41 Å². The Morgan fingerprint density at radius 1 is 1.26 bits per heavy atom. The van der Waals surface area contributed by atoms with Crippen molar-refractivity contribution in [2.45, 2.75) is 53.5 Å². The highest BCUT2D eigenvalue weighted by atomic mass is 15.2. The van der Waals surface area contributed by atoms with Gasteiger partial charge in [0, 0.05) is 19.1 Å². The molecule has 3 heteroatoms. The fraction of sp³-hybridized carbons (Fsp3) is 1.00. The van der Waals surface area contributed by atoms with Crippen LogP contribution in [0, 0.1) is 11.3 Å². The maximum atomic E-state index is 5.88. The Morgan fingerprint density at radius 2 is 1.84 bits per heavy atom. The van der Waals surface area contributed by atoms with Crippen LogP contribution in [-0.4, -0.2) is 55.1 Å². The largest absolute Gasteiger partial charge is 0.330 e. The number of likely N-dealkylation sites (tertiary alicyclic amines) is 1. The highest BCUT2D eigenvalue weighted by molar-refractivity contribution is 4.83. The van der Waals surface area contributed by atoms with E-state index in [4.69, 9.17) is 5.73 Å². The van der Waals surface area contributed by atoms with Gasteiger partial charge in [-0.05, 0) is 50.4 Å². The topological polar surface area (TPSA) is 32.5 Å². The van der Waals surface area contributed by atoms with Crippen LogP contribution < -0.4 is 5.73 Å². The van der Waals surface area contributed by atoms with Crippen LogP contribution in [-0.2, 0) is 0 Å². The first kappa shape index (κ1) is 16.9. The molecule has 114 valence electrons. The predicted molar refractivity (Wildman–Crippen MR) is 84.4 cm³/mol. The lowest BCUT2D eigenvalue weighted by Gasteiger charge is -2.41. The van der Waals surface area contributed by atoms with Crippen molar-refractivity contribution in [3.63, 3.8) is 0 Å². The molecule has 3 nitrogen and oxygen atoms in total. The van der Waals surface area contributed by atoms with E-state index in [0.29, 0.717) is 0 Å². The first-order chi connectivity index (χ1) is 8.88. The van der Waals surface area contributed by atoms with E-state index in [1.54, 1.807) is 0 Å². The Hall–Kier alpha value is -0.120. The van der Waals surface area contributed by atoms with Crippen LogP contribution in [0.25, 0.3) is 0 Å². The van der Waals surface area contributed by atoms with Crippen molar-refractivity contribution in [3.8, 4) is 0 Å². The number of rotatable bonds is 7. The zero-order valence-corrected chi connectivity index (χ0v) is 13.8. The number of piperidine rings is 1. The van der Waals surface area contributed by atoms with Gasteiger partial charge in [0.15, 0.2) is 0 Å². The highest BCUT2D eigenvalue weighted by Gasteiger charge is 2.27. The van der Waals surface area contributed by atoms with Gasteiger partial charge < -0.3 is 10.6 Å². The van der Waals surface area contributed by atoms with Crippen LogP contribution in [0.2, 0.25) is 0 Å². The first-order valence-corrected chi connectivity index (χ1v) is 8.04. The molecule has 0 saturated carbocycles. The van der Waals surface area contributed by atoms with E-state index in [0.717, 1.165) is 31.6 Å². The summed E-state index contributed by atoms with van der Waals surface area (Å²) in [5.74, 6) is 0.787. The maximum Gasteiger partial charge on any atom is 0.0120 e. The third-order valence-corrected chi connectivity index (χ3v) is 4.29. The lowest BCUT2D eigenvalue weighted by molar-refractivity contribution is 0.0782. The highest BCUT2D eigenvalue weighted by Crippen LogP contribution is 2.22. The van der Waals surface area contributed by atoms with Gasteiger partial charge >= 0.3 is 0 Å². The minimum Gasteiger partial charge on any atom is -0.330 e. The zero-order chi connectivity index (χ0) is 14.5. The molecule has 1 fully saturated rings. The van der Waals surface area contributed by atoms with Crippen LogP contribution >= 0.6 is 0 Å². The van der Waals surface area contributed by atoms with E-state index < -0.39 is 0 Å². The molecule has 1 aliphatic rings.